The van der Waals surface area contributed by atoms with Crippen molar-refractivity contribution in [3.8, 4) is 0 Å². The zero-order chi connectivity index (χ0) is 15.7. The minimum absolute atomic E-state index is 0.125. The third-order valence-corrected chi connectivity index (χ3v) is 4.48. The molecule has 0 spiro atoms. The number of methoxy groups -OCH3 is 2. The summed E-state index contributed by atoms with van der Waals surface area (Å²) in [6.45, 7) is 0.595. The summed E-state index contributed by atoms with van der Waals surface area (Å²) < 4.78 is 36.8. The Balaban J connectivity index is 2.65. The molecule has 6 nitrogen and oxygen atoms in total. The van der Waals surface area contributed by atoms with Crippen molar-refractivity contribution in [3.05, 3.63) is 29.8 Å². The van der Waals surface area contributed by atoms with E-state index in [-0.39, 0.29) is 24.2 Å². The Morgan fingerprint density at radius 2 is 1.90 bits per heavy atom. The summed E-state index contributed by atoms with van der Waals surface area (Å²) in [5.41, 5.74) is 0.997. The van der Waals surface area contributed by atoms with Crippen LogP contribution in [0.4, 0.5) is 0 Å². The minimum Gasteiger partial charge on any atom is -0.396 e. The molecule has 7 heteroatoms. The molecule has 0 bridgehead atoms. The van der Waals surface area contributed by atoms with Crippen LogP contribution in [0.3, 0.4) is 0 Å². The van der Waals surface area contributed by atoms with E-state index in [1.54, 1.807) is 24.3 Å². The summed E-state index contributed by atoms with van der Waals surface area (Å²) in [5, 5.41) is 8.77. The molecule has 0 saturated carbocycles. The molecule has 0 aromatic heterocycles. The largest absolute Gasteiger partial charge is 0.396 e. The van der Waals surface area contributed by atoms with E-state index in [0.717, 1.165) is 12.0 Å². The molecule has 0 amide bonds. The molecule has 1 aromatic rings. The van der Waals surface area contributed by atoms with Gasteiger partial charge in [-0.15, -0.1) is 0 Å². The van der Waals surface area contributed by atoms with E-state index in [9.17, 15) is 8.42 Å². The van der Waals surface area contributed by atoms with E-state index in [0.29, 0.717) is 13.0 Å². The van der Waals surface area contributed by atoms with Crippen LogP contribution in [0.1, 0.15) is 12.0 Å². The van der Waals surface area contributed by atoms with Crippen LogP contribution in [0.2, 0.25) is 0 Å². The Bertz CT molecular complexity index is 501. The van der Waals surface area contributed by atoms with Gasteiger partial charge in [0.25, 0.3) is 0 Å². The van der Waals surface area contributed by atoms with E-state index in [2.05, 4.69) is 4.72 Å². The average molecular weight is 317 g/mol. The highest BCUT2D eigenvalue weighted by Gasteiger charge is 2.16. The highest BCUT2D eigenvalue weighted by atomic mass is 32.2. The first-order chi connectivity index (χ1) is 10.0. The summed E-state index contributed by atoms with van der Waals surface area (Å²) >= 11 is 0. The van der Waals surface area contributed by atoms with Gasteiger partial charge in [-0.25, -0.2) is 13.1 Å². The van der Waals surface area contributed by atoms with Crippen molar-refractivity contribution in [1.29, 1.82) is 0 Å². The van der Waals surface area contributed by atoms with Crippen LogP contribution >= 0.6 is 0 Å². The normalized spacial score (nSPS) is 13.3. The van der Waals surface area contributed by atoms with Crippen molar-refractivity contribution in [2.24, 2.45) is 0 Å². The number of aliphatic hydroxyl groups is 1. The van der Waals surface area contributed by atoms with Gasteiger partial charge in [-0.3, -0.25) is 0 Å². The highest BCUT2D eigenvalue weighted by molar-refractivity contribution is 7.89. The van der Waals surface area contributed by atoms with Gasteiger partial charge in [-0.1, -0.05) is 12.1 Å². The molecule has 21 heavy (non-hydrogen) atoms. The maximum Gasteiger partial charge on any atom is 0.240 e. The number of aryl methyl sites for hydroxylation is 1. The number of rotatable bonds is 10. The molecule has 0 aliphatic carbocycles. The van der Waals surface area contributed by atoms with E-state index in [1.807, 2.05) is 0 Å². The number of hydrogen-bond acceptors (Lipinski definition) is 5. The fraction of sp³-hybridized carbons (Fsp3) is 0.571. The van der Waals surface area contributed by atoms with Crippen molar-refractivity contribution in [1.82, 2.24) is 4.72 Å². The van der Waals surface area contributed by atoms with E-state index in [1.165, 1.54) is 14.2 Å². The van der Waals surface area contributed by atoms with Crippen LogP contribution < -0.4 is 4.72 Å². The lowest BCUT2D eigenvalue weighted by molar-refractivity contribution is 0.0320. The maximum atomic E-state index is 12.1. The molecule has 0 saturated heterocycles. The summed E-state index contributed by atoms with van der Waals surface area (Å²) in [6.07, 6.45) is 1.06. The van der Waals surface area contributed by atoms with Crippen LogP contribution in [0.15, 0.2) is 29.2 Å². The lowest BCUT2D eigenvalue weighted by atomic mass is 10.1. The topological polar surface area (TPSA) is 84.9 Å². The van der Waals surface area contributed by atoms with Crippen molar-refractivity contribution >= 4 is 10.0 Å². The fourth-order valence-electron chi connectivity index (χ4n) is 1.80. The Morgan fingerprint density at radius 1 is 1.24 bits per heavy atom. The van der Waals surface area contributed by atoms with Gasteiger partial charge in [0.1, 0.15) is 0 Å². The highest BCUT2D eigenvalue weighted by Crippen LogP contribution is 2.12. The van der Waals surface area contributed by atoms with Crippen molar-refractivity contribution < 1.29 is 23.0 Å². The van der Waals surface area contributed by atoms with Crippen LogP contribution in [0.5, 0.6) is 0 Å². The monoisotopic (exact) mass is 317 g/mol. The third-order valence-electron chi connectivity index (χ3n) is 3.04. The van der Waals surface area contributed by atoms with Gasteiger partial charge in [0.05, 0.1) is 17.6 Å². The molecule has 1 unspecified atom stereocenters. The summed E-state index contributed by atoms with van der Waals surface area (Å²) in [5.74, 6) is 0. The number of ether oxygens (including phenoxy) is 2. The molecule has 0 aliphatic rings. The Kier molecular flexibility index (Phi) is 7.84. The summed E-state index contributed by atoms with van der Waals surface area (Å²) in [6, 6.07) is 6.64. The molecule has 0 radical (unpaired) electrons. The maximum absolute atomic E-state index is 12.1. The summed E-state index contributed by atoms with van der Waals surface area (Å²) in [4.78, 5) is 0.211. The molecule has 1 atom stereocenters. The molecular formula is C14H23NO5S. The fourth-order valence-corrected chi connectivity index (χ4v) is 2.87. The zero-order valence-corrected chi connectivity index (χ0v) is 13.2. The quantitative estimate of drug-likeness (QED) is 0.658. The van der Waals surface area contributed by atoms with Gasteiger partial charge in [0, 0.05) is 27.4 Å². The number of benzene rings is 1. The van der Waals surface area contributed by atoms with Crippen molar-refractivity contribution in [2.45, 2.75) is 23.8 Å². The predicted octanol–water partition coefficient (Wildman–Crippen LogP) is 0.551. The molecule has 0 fully saturated rings. The smallest absolute Gasteiger partial charge is 0.240 e. The average Bonchev–Trinajstić information content (AvgIpc) is 2.49. The zero-order valence-electron chi connectivity index (χ0n) is 12.4. The van der Waals surface area contributed by atoms with Crippen LogP contribution in [0.25, 0.3) is 0 Å². The first kappa shape index (κ1) is 18.1. The first-order valence-electron chi connectivity index (χ1n) is 6.74. The Hall–Kier alpha value is -0.990. The molecule has 120 valence electrons. The van der Waals surface area contributed by atoms with Crippen LogP contribution in [0, 0.1) is 0 Å². The van der Waals surface area contributed by atoms with Crippen molar-refractivity contribution in [2.75, 3.05) is 34.0 Å². The first-order valence-corrected chi connectivity index (χ1v) is 8.23. The molecule has 1 rings (SSSR count). The Morgan fingerprint density at radius 3 is 2.43 bits per heavy atom. The lowest BCUT2D eigenvalue weighted by Gasteiger charge is -2.15. The number of nitrogens with one attached hydrogen (secondary N) is 1. The summed E-state index contributed by atoms with van der Waals surface area (Å²) in [7, 11) is -0.515. The molecule has 2 N–H and O–H groups in total. The molecule has 1 aromatic carbocycles. The molecule has 0 heterocycles. The SMILES string of the molecule is COCC(CNS(=O)(=O)c1ccc(CCCO)cc1)OC. The second kappa shape index (κ2) is 9.11. The van der Waals surface area contributed by atoms with Gasteiger partial charge < -0.3 is 14.6 Å². The third kappa shape index (κ3) is 6.11. The van der Waals surface area contributed by atoms with E-state index >= 15 is 0 Å². The van der Waals surface area contributed by atoms with E-state index < -0.39 is 10.0 Å². The lowest BCUT2D eigenvalue weighted by Crippen LogP contribution is -2.35. The van der Waals surface area contributed by atoms with Gasteiger partial charge in [0.15, 0.2) is 0 Å². The predicted molar refractivity (Wildman–Crippen MR) is 79.7 cm³/mol. The van der Waals surface area contributed by atoms with Crippen LogP contribution in [-0.4, -0.2) is 53.6 Å². The van der Waals surface area contributed by atoms with Gasteiger partial charge in [-0.05, 0) is 30.5 Å². The molecular weight excluding hydrogens is 294 g/mol. The Labute approximate surface area is 126 Å². The van der Waals surface area contributed by atoms with Crippen molar-refractivity contribution in [3.63, 3.8) is 0 Å². The van der Waals surface area contributed by atoms with Gasteiger partial charge in [-0.2, -0.15) is 0 Å². The molecule has 0 aliphatic heterocycles. The second-order valence-electron chi connectivity index (χ2n) is 4.64. The number of hydrogen-bond donors (Lipinski definition) is 2. The second-order valence-corrected chi connectivity index (χ2v) is 6.40. The van der Waals surface area contributed by atoms with Gasteiger partial charge >= 0.3 is 0 Å². The number of sulfonamides is 1. The standard InChI is InChI=1S/C14H23NO5S/c1-19-11-13(20-2)10-15-21(17,18)14-7-5-12(6-8-14)4-3-9-16/h5-8,13,15-16H,3-4,9-11H2,1-2H3. The van der Waals surface area contributed by atoms with Gasteiger partial charge in [0.2, 0.25) is 10.0 Å². The minimum atomic E-state index is -3.56. The van der Waals surface area contributed by atoms with E-state index in [4.69, 9.17) is 14.6 Å². The van der Waals surface area contributed by atoms with Crippen LogP contribution in [-0.2, 0) is 25.9 Å². The number of aliphatic hydroxyl groups excluding tert-OH is 1.